The number of amides is 1. The fourth-order valence-electron chi connectivity index (χ4n) is 2.36. The third-order valence-electron chi connectivity index (χ3n) is 3.53. The van der Waals surface area contributed by atoms with E-state index in [0.29, 0.717) is 18.9 Å². The molecule has 0 spiro atoms. The largest absolute Gasteiger partial charge is 0.477 e. The first-order valence-corrected chi connectivity index (χ1v) is 6.14. The molecule has 102 valence electrons. The molecule has 19 heavy (non-hydrogen) atoms. The molecule has 0 aliphatic carbocycles. The fraction of sp³-hybridized carbons (Fsp3) is 0.462. The van der Waals surface area contributed by atoms with Crippen molar-refractivity contribution < 1.29 is 14.7 Å². The number of nitrogens with one attached hydrogen (secondary N) is 1. The van der Waals surface area contributed by atoms with E-state index in [2.05, 4.69) is 10.3 Å². The zero-order chi connectivity index (χ0) is 14.0. The number of hydrogen-bond acceptors (Lipinski definition) is 4. The Labute approximate surface area is 111 Å². The highest BCUT2D eigenvalue weighted by Crippen LogP contribution is 2.32. The van der Waals surface area contributed by atoms with Crippen molar-refractivity contribution in [3.63, 3.8) is 0 Å². The van der Waals surface area contributed by atoms with Gasteiger partial charge < -0.3 is 15.3 Å². The average Bonchev–Trinajstić information content (AvgIpc) is 2.82. The number of carbonyl (C=O) groups is 2. The molecule has 0 bridgehead atoms. The second-order valence-corrected chi connectivity index (χ2v) is 5.00. The van der Waals surface area contributed by atoms with Crippen LogP contribution < -0.4 is 10.2 Å². The molecule has 0 radical (unpaired) electrons. The molecule has 1 aromatic heterocycles. The summed E-state index contributed by atoms with van der Waals surface area (Å²) in [5, 5.41) is 11.6. The highest BCUT2D eigenvalue weighted by atomic mass is 16.4. The summed E-state index contributed by atoms with van der Waals surface area (Å²) in [5.74, 6) is -0.438. The van der Waals surface area contributed by atoms with Crippen molar-refractivity contribution in [3.8, 4) is 0 Å². The zero-order valence-corrected chi connectivity index (χ0v) is 11.0. The van der Waals surface area contributed by atoms with Crippen LogP contribution in [0.4, 0.5) is 5.82 Å². The van der Waals surface area contributed by atoms with E-state index in [-0.39, 0.29) is 11.6 Å². The van der Waals surface area contributed by atoms with Crippen LogP contribution in [-0.2, 0) is 4.79 Å². The number of carboxylic acid groups (broad SMARTS) is 1. The van der Waals surface area contributed by atoms with Crippen LogP contribution in [0, 0.1) is 5.41 Å². The van der Waals surface area contributed by atoms with Crippen LogP contribution in [0.25, 0.3) is 0 Å². The monoisotopic (exact) mass is 263 g/mol. The molecule has 1 atom stereocenters. The van der Waals surface area contributed by atoms with E-state index >= 15 is 0 Å². The van der Waals surface area contributed by atoms with Gasteiger partial charge in [-0.3, -0.25) is 4.79 Å². The van der Waals surface area contributed by atoms with Crippen molar-refractivity contribution in [2.24, 2.45) is 5.41 Å². The summed E-state index contributed by atoms with van der Waals surface area (Å²) < 4.78 is 0. The molecule has 2 heterocycles. The van der Waals surface area contributed by atoms with E-state index in [1.807, 2.05) is 11.8 Å². The molecule has 6 nitrogen and oxygen atoms in total. The molecule has 2 rings (SSSR count). The standard InChI is InChI=1S/C13H17N3O3/c1-13(12(19)14-2)6-7-16(8-13)10-5-3-4-9(15-10)11(17)18/h3-5H,6-8H2,1-2H3,(H,14,19)(H,17,18). The van der Waals surface area contributed by atoms with Gasteiger partial charge >= 0.3 is 5.97 Å². The van der Waals surface area contributed by atoms with E-state index in [1.165, 1.54) is 6.07 Å². The Hall–Kier alpha value is -2.11. The van der Waals surface area contributed by atoms with Crippen LogP contribution in [-0.4, -0.2) is 42.1 Å². The van der Waals surface area contributed by atoms with Crippen LogP contribution in [0.15, 0.2) is 18.2 Å². The lowest BCUT2D eigenvalue weighted by Gasteiger charge is -2.23. The number of pyridine rings is 1. The van der Waals surface area contributed by atoms with E-state index < -0.39 is 11.4 Å². The average molecular weight is 263 g/mol. The molecule has 1 aliphatic heterocycles. The first-order valence-electron chi connectivity index (χ1n) is 6.14. The second-order valence-electron chi connectivity index (χ2n) is 5.00. The second kappa shape index (κ2) is 4.87. The lowest BCUT2D eigenvalue weighted by Crippen LogP contribution is -2.39. The molecule has 2 N–H and O–H groups in total. The lowest BCUT2D eigenvalue weighted by molar-refractivity contribution is -0.128. The number of hydrogen-bond donors (Lipinski definition) is 2. The SMILES string of the molecule is CNC(=O)C1(C)CCN(c2cccc(C(=O)O)n2)C1. The number of aromatic carboxylic acids is 1. The first kappa shape index (κ1) is 13.3. The molecule has 1 aliphatic rings. The van der Waals surface area contributed by atoms with Gasteiger partial charge in [0, 0.05) is 20.1 Å². The number of carboxylic acids is 1. The summed E-state index contributed by atoms with van der Waals surface area (Å²) >= 11 is 0. The van der Waals surface area contributed by atoms with Gasteiger partial charge in [-0.1, -0.05) is 6.07 Å². The van der Waals surface area contributed by atoms with Crippen molar-refractivity contribution in [2.75, 3.05) is 25.0 Å². The molecular formula is C13H17N3O3. The molecule has 0 saturated carbocycles. The molecule has 1 unspecified atom stereocenters. The Bertz CT molecular complexity index is 518. The molecule has 6 heteroatoms. The smallest absolute Gasteiger partial charge is 0.354 e. The summed E-state index contributed by atoms with van der Waals surface area (Å²) in [5.41, 5.74) is -0.429. The van der Waals surface area contributed by atoms with Gasteiger partial charge in [0.1, 0.15) is 5.82 Å². The van der Waals surface area contributed by atoms with Crippen molar-refractivity contribution in [1.29, 1.82) is 0 Å². The van der Waals surface area contributed by atoms with Crippen LogP contribution in [0.5, 0.6) is 0 Å². The van der Waals surface area contributed by atoms with Crippen molar-refractivity contribution in [3.05, 3.63) is 23.9 Å². The number of aromatic nitrogens is 1. The number of nitrogens with zero attached hydrogens (tertiary/aromatic N) is 2. The topological polar surface area (TPSA) is 82.5 Å². The van der Waals surface area contributed by atoms with Crippen molar-refractivity contribution in [2.45, 2.75) is 13.3 Å². The van der Waals surface area contributed by atoms with Gasteiger partial charge in [-0.2, -0.15) is 0 Å². The maximum atomic E-state index is 11.8. The number of rotatable bonds is 3. The Morgan fingerprint density at radius 2 is 2.21 bits per heavy atom. The van der Waals surface area contributed by atoms with E-state index in [9.17, 15) is 9.59 Å². The van der Waals surface area contributed by atoms with Crippen molar-refractivity contribution >= 4 is 17.7 Å². The molecular weight excluding hydrogens is 246 g/mol. The summed E-state index contributed by atoms with van der Waals surface area (Å²) in [6.45, 7) is 3.15. The predicted molar refractivity (Wildman–Crippen MR) is 70.2 cm³/mol. The van der Waals surface area contributed by atoms with Gasteiger partial charge in [0.2, 0.25) is 5.91 Å². The Kier molecular flexibility index (Phi) is 3.42. The van der Waals surface area contributed by atoms with Crippen LogP contribution >= 0.6 is 0 Å². The van der Waals surface area contributed by atoms with E-state index in [0.717, 1.165) is 6.42 Å². The van der Waals surface area contributed by atoms with Crippen molar-refractivity contribution in [1.82, 2.24) is 10.3 Å². The first-order chi connectivity index (χ1) is 8.96. The molecule has 1 saturated heterocycles. The summed E-state index contributed by atoms with van der Waals surface area (Å²) in [7, 11) is 1.62. The summed E-state index contributed by atoms with van der Waals surface area (Å²) in [6, 6.07) is 4.89. The highest BCUT2D eigenvalue weighted by Gasteiger charge is 2.40. The molecule has 1 aromatic rings. The minimum atomic E-state index is -1.05. The minimum absolute atomic E-state index is 0.00406. The Balaban J connectivity index is 2.19. The Morgan fingerprint density at radius 3 is 2.84 bits per heavy atom. The third kappa shape index (κ3) is 2.52. The quantitative estimate of drug-likeness (QED) is 0.840. The van der Waals surface area contributed by atoms with Gasteiger partial charge in [0.05, 0.1) is 5.41 Å². The number of anilines is 1. The highest BCUT2D eigenvalue weighted by molar-refractivity contribution is 5.86. The van der Waals surface area contributed by atoms with Gasteiger partial charge in [0.25, 0.3) is 0 Å². The van der Waals surface area contributed by atoms with E-state index in [4.69, 9.17) is 5.11 Å². The molecule has 0 aromatic carbocycles. The number of carbonyl (C=O) groups excluding carboxylic acids is 1. The van der Waals surface area contributed by atoms with E-state index in [1.54, 1.807) is 19.2 Å². The van der Waals surface area contributed by atoms with Crippen LogP contribution in [0.3, 0.4) is 0 Å². The maximum Gasteiger partial charge on any atom is 0.354 e. The lowest BCUT2D eigenvalue weighted by atomic mass is 9.89. The van der Waals surface area contributed by atoms with Gasteiger partial charge in [-0.05, 0) is 25.5 Å². The van der Waals surface area contributed by atoms with Crippen LogP contribution in [0.2, 0.25) is 0 Å². The summed E-state index contributed by atoms with van der Waals surface area (Å²) in [6.07, 6.45) is 0.728. The molecule has 1 amide bonds. The predicted octanol–water partition coefficient (Wildman–Crippen LogP) is 0.742. The Morgan fingerprint density at radius 1 is 1.47 bits per heavy atom. The maximum absolute atomic E-state index is 11.8. The van der Waals surface area contributed by atoms with Gasteiger partial charge in [-0.25, -0.2) is 9.78 Å². The van der Waals surface area contributed by atoms with Crippen LogP contribution in [0.1, 0.15) is 23.8 Å². The normalized spacial score (nSPS) is 22.3. The minimum Gasteiger partial charge on any atom is -0.477 e. The summed E-state index contributed by atoms with van der Waals surface area (Å²) in [4.78, 5) is 28.8. The van der Waals surface area contributed by atoms with Gasteiger partial charge in [0.15, 0.2) is 5.69 Å². The van der Waals surface area contributed by atoms with Gasteiger partial charge in [-0.15, -0.1) is 0 Å². The zero-order valence-electron chi connectivity index (χ0n) is 11.0. The molecule has 1 fully saturated rings. The third-order valence-corrected chi connectivity index (χ3v) is 3.53. The fourth-order valence-corrected chi connectivity index (χ4v) is 2.36.